The molecule has 1 amide bonds. The van der Waals surface area contributed by atoms with Gasteiger partial charge in [-0.1, -0.05) is 44.1 Å². The molecule has 1 saturated carbocycles. The van der Waals surface area contributed by atoms with Crippen LogP contribution in [0.25, 0.3) is 0 Å². The van der Waals surface area contributed by atoms with Crippen LogP contribution >= 0.6 is 0 Å². The zero-order valence-corrected chi connectivity index (χ0v) is 12.7. The first-order valence-corrected chi connectivity index (χ1v) is 7.80. The summed E-state index contributed by atoms with van der Waals surface area (Å²) in [5.41, 5.74) is 6.89. The van der Waals surface area contributed by atoms with Gasteiger partial charge >= 0.3 is 0 Å². The molecule has 2 rings (SSSR count). The first kappa shape index (κ1) is 15.6. The number of hydrogen-bond donors (Lipinski definition) is 2. The molecule has 3 nitrogen and oxygen atoms in total. The molecule has 0 aliphatic heterocycles. The van der Waals surface area contributed by atoms with Crippen LogP contribution in [0.2, 0.25) is 0 Å². The highest BCUT2D eigenvalue weighted by Gasteiger charge is 2.22. The molecule has 3 N–H and O–H groups in total. The van der Waals surface area contributed by atoms with Crippen molar-refractivity contribution in [1.29, 1.82) is 0 Å². The van der Waals surface area contributed by atoms with Crippen molar-refractivity contribution in [2.24, 2.45) is 11.7 Å². The molecule has 0 bridgehead atoms. The van der Waals surface area contributed by atoms with Crippen molar-refractivity contribution < 1.29 is 4.79 Å². The minimum absolute atomic E-state index is 0.00477. The molecule has 1 aliphatic carbocycles. The van der Waals surface area contributed by atoms with E-state index in [9.17, 15) is 4.79 Å². The van der Waals surface area contributed by atoms with Crippen LogP contribution in [0, 0.1) is 17.8 Å². The lowest BCUT2D eigenvalue weighted by molar-refractivity contribution is 0.0921. The van der Waals surface area contributed by atoms with Gasteiger partial charge in [0.05, 0.1) is 6.54 Å². The summed E-state index contributed by atoms with van der Waals surface area (Å²) in [7, 11) is 0. The summed E-state index contributed by atoms with van der Waals surface area (Å²) in [5, 5.41) is 3.20. The minimum Gasteiger partial charge on any atom is -0.349 e. The summed E-state index contributed by atoms with van der Waals surface area (Å²) in [6.07, 6.45) is 6.04. The Labute approximate surface area is 127 Å². The van der Waals surface area contributed by atoms with Gasteiger partial charge in [0.1, 0.15) is 0 Å². The molecule has 0 saturated heterocycles. The molecule has 0 heterocycles. The third-order valence-electron chi connectivity index (χ3n) is 4.14. The van der Waals surface area contributed by atoms with Crippen LogP contribution in [0.15, 0.2) is 24.3 Å². The van der Waals surface area contributed by atoms with Crippen molar-refractivity contribution in [3.63, 3.8) is 0 Å². The first-order chi connectivity index (χ1) is 10.2. The Morgan fingerprint density at radius 2 is 2.14 bits per heavy atom. The third-order valence-corrected chi connectivity index (χ3v) is 4.14. The average Bonchev–Trinajstić information content (AvgIpc) is 2.70. The average molecular weight is 284 g/mol. The van der Waals surface area contributed by atoms with Crippen LogP contribution in [0.5, 0.6) is 0 Å². The van der Waals surface area contributed by atoms with Crippen molar-refractivity contribution in [3.05, 3.63) is 35.4 Å². The second kappa shape index (κ2) is 7.85. The monoisotopic (exact) mass is 284 g/mol. The molecule has 1 aliphatic rings. The molecule has 3 heteroatoms. The summed E-state index contributed by atoms with van der Waals surface area (Å²) in [6.45, 7) is 2.56. The van der Waals surface area contributed by atoms with Crippen LogP contribution in [0.1, 0.15) is 54.9 Å². The van der Waals surface area contributed by atoms with Gasteiger partial charge in [-0.15, -0.1) is 0 Å². The van der Waals surface area contributed by atoms with E-state index in [-0.39, 0.29) is 5.91 Å². The fourth-order valence-electron chi connectivity index (χ4n) is 2.85. The van der Waals surface area contributed by atoms with Gasteiger partial charge in [-0.25, -0.2) is 0 Å². The molecule has 0 spiro atoms. The van der Waals surface area contributed by atoms with Crippen molar-refractivity contribution in [1.82, 2.24) is 5.32 Å². The number of rotatable bonds is 2. The Hall–Kier alpha value is -1.79. The van der Waals surface area contributed by atoms with Crippen molar-refractivity contribution >= 4 is 5.91 Å². The maximum atomic E-state index is 12.4. The number of carbonyl (C=O) groups is 1. The zero-order valence-electron chi connectivity index (χ0n) is 12.7. The van der Waals surface area contributed by atoms with Crippen molar-refractivity contribution in [2.75, 3.05) is 6.54 Å². The molecule has 1 fully saturated rings. The van der Waals surface area contributed by atoms with Gasteiger partial charge < -0.3 is 11.1 Å². The molecule has 0 aromatic heterocycles. The molecule has 1 aromatic rings. The van der Waals surface area contributed by atoms with Crippen LogP contribution in [0.4, 0.5) is 0 Å². The van der Waals surface area contributed by atoms with Crippen LogP contribution in [-0.4, -0.2) is 18.5 Å². The van der Waals surface area contributed by atoms with E-state index in [4.69, 9.17) is 5.73 Å². The SMILES string of the molecule is CC1CCCCCC1NC(=O)c1cccc(C#CCN)c1. The Balaban J connectivity index is 2.05. The van der Waals surface area contributed by atoms with E-state index in [0.29, 0.717) is 24.1 Å². The lowest BCUT2D eigenvalue weighted by Gasteiger charge is -2.22. The van der Waals surface area contributed by atoms with E-state index in [2.05, 4.69) is 24.1 Å². The van der Waals surface area contributed by atoms with Gasteiger partial charge in [0.25, 0.3) is 5.91 Å². The Morgan fingerprint density at radius 3 is 2.95 bits per heavy atom. The number of amides is 1. The number of hydrogen-bond acceptors (Lipinski definition) is 2. The highest BCUT2D eigenvalue weighted by atomic mass is 16.1. The van der Waals surface area contributed by atoms with E-state index < -0.39 is 0 Å². The number of benzene rings is 1. The second-order valence-electron chi connectivity index (χ2n) is 5.78. The second-order valence-corrected chi connectivity index (χ2v) is 5.78. The zero-order chi connectivity index (χ0) is 15.1. The molecular weight excluding hydrogens is 260 g/mol. The summed E-state index contributed by atoms with van der Waals surface area (Å²) in [5.74, 6) is 6.34. The fraction of sp³-hybridized carbons (Fsp3) is 0.500. The molecule has 112 valence electrons. The van der Waals surface area contributed by atoms with Gasteiger partial charge in [-0.05, 0) is 37.0 Å². The predicted molar refractivity (Wildman–Crippen MR) is 85.9 cm³/mol. The van der Waals surface area contributed by atoms with E-state index in [1.165, 1.54) is 25.7 Å². The maximum absolute atomic E-state index is 12.4. The Bertz CT molecular complexity index is 542. The van der Waals surface area contributed by atoms with Gasteiger partial charge in [0.15, 0.2) is 0 Å². The predicted octanol–water partition coefficient (Wildman–Crippen LogP) is 2.70. The van der Waals surface area contributed by atoms with E-state index >= 15 is 0 Å². The third kappa shape index (κ3) is 4.61. The Morgan fingerprint density at radius 1 is 1.33 bits per heavy atom. The van der Waals surface area contributed by atoms with E-state index in [1.54, 1.807) is 0 Å². The smallest absolute Gasteiger partial charge is 0.251 e. The number of nitrogens with two attached hydrogens (primary N) is 1. The molecule has 2 atom stereocenters. The maximum Gasteiger partial charge on any atom is 0.251 e. The topological polar surface area (TPSA) is 55.1 Å². The van der Waals surface area contributed by atoms with Gasteiger partial charge in [-0.2, -0.15) is 0 Å². The standard InChI is InChI=1S/C18H24N2O/c1-14-7-3-2-4-11-17(14)20-18(21)16-10-5-8-15(13-16)9-6-12-19/h5,8,10,13-14,17H,2-4,7,11-12,19H2,1H3,(H,20,21). The van der Waals surface area contributed by atoms with Crippen LogP contribution in [-0.2, 0) is 0 Å². The number of nitrogens with one attached hydrogen (secondary N) is 1. The highest BCUT2D eigenvalue weighted by Crippen LogP contribution is 2.23. The number of carbonyl (C=O) groups excluding carboxylic acids is 1. The minimum atomic E-state index is 0.00477. The normalized spacial score (nSPS) is 21.8. The Kier molecular flexibility index (Phi) is 5.83. The van der Waals surface area contributed by atoms with Crippen LogP contribution in [0.3, 0.4) is 0 Å². The van der Waals surface area contributed by atoms with Crippen molar-refractivity contribution in [2.45, 2.75) is 45.1 Å². The van der Waals surface area contributed by atoms with Gasteiger partial charge in [0.2, 0.25) is 0 Å². The summed E-state index contributed by atoms with van der Waals surface area (Å²) in [6, 6.07) is 7.72. The largest absolute Gasteiger partial charge is 0.349 e. The van der Waals surface area contributed by atoms with E-state index in [0.717, 1.165) is 12.0 Å². The lowest BCUT2D eigenvalue weighted by atomic mass is 9.96. The highest BCUT2D eigenvalue weighted by molar-refractivity contribution is 5.94. The summed E-state index contributed by atoms with van der Waals surface area (Å²) < 4.78 is 0. The quantitative estimate of drug-likeness (QED) is 0.648. The molecule has 21 heavy (non-hydrogen) atoms. The molecule has 2 unspecified atom stereocenters. The molecular formula is C18H24N2O. The van der Waals surface area contributed by atoms with Crippen molar-refractivity contribution in [3.8, 4) is 11.8 Å². The fourth-order valence-corrected chi connectivity index (χ4v) is 2.85. The first-order valence-electron chi connectivity index (χ1n) is 7.80. The summed E-state index contributed by atoms with van der Waals surface area (Å²) >= 11 is 0. The molecule has 0 radical (unpaired) electrons. The van der Waals surface area contributed by atoms with E-state index in [1.807, 2.05) is 24.3 Å². The van der Waals surface area contributed by atoms with Gasteiger partial charge in [-0.3, -0.25) is 4.79 Å². The van der Waals surface area contributed by atoms with Gasteiger partial charge in [0, 0.05) is 17.2 Å². The molecule has 1 aromatic carbocycles. The lowest BCUT2D eigenvalue weighted by Crippen LogP contribution is -2.38. The summed E-state index contributed by atoms with van der Waals surface area (Å²) in [4.78, 5) is 12.4. The van der Waals surface area contributed by atoms with Crippen LogP contribution < -0.4 is 11.1 Å².